The van der Waals surface area contributed by atoms with Crippen LogP contribution in [0.25, 0.3) is 21.4 Å². The molecule has 5 amide bonds. The van der Waals surface area contributed by atoms with E-state index < -0.39 is 64.1 Å². The molecule has 0 aliphatic carbocycles. The van der Waals surface area contributed by atoms with E-state index in [0.29, 0.717) is 37.5 Å². The Morgan fingerprint density at radius 1 is 0.931 bits per heavy atom. The van der Waals surface area contributed by atoms with Gasteiger partial charge in [-0.1, -0.05) is 57.2 Å². The number of methoxy groups -OCH3 is 1. The molecule has 15 nitrogen and oxygen atoms in total. The Hall–Kier alpha value is -6.24. The second kappa shape index (κ2) is 24.9. The van der Waals surface area contributed by atoms with Gasteiger partial charge in [-0.05, 0) is 107 Å². The molecular formula is C52H58F3N5O10S2. The minimum atomic E-state index is -4.77. The molecule has 2 aliphatic heterocycles. The number of unbranched alkanes of at least 4 members (excludes halogenated alkanes) is 2. The number of hydrogen-bond acceptors (Lipinski definition) is 12. The molecule has 72 heavy (non-hydrogen) atoms. The maximum absolute atomic E-state index is 14.0. The van der Waals surface area contributed by atoms with Crippen LogP contribution in [0.1, 0.15) is 75.1 Å². The zero-order valence-corrected chi connectivity index (χ0v) is 42.3. The number of carbonyl (C=O) groups excluding carboxylic acids is 5. The van der Waals surface area contributed by atoms with Gasteiger partial charge in [0.15, 0.2) is 17.2 Å². The number of likely N-dealkylation sites (tertiary alicyclic amines) is 1. The number of thiophene rings is 1. The number of alkyl halides is 3. The molecule has 6 rings (SSSR count). The van der Waals surface area contributed by atoms with Crippen LogP contribution in [0.5, 0.6) is 17.2 Å². The minimum Gasteiger partial charge on any atom is -0.493 e. The van der Waals surface area contributed by atoms with Crippen molar-refractivity contribution in [1.29, 1.82) is 0 Å². The van der Waals surface area contributed by atoms with Crippen LogP contribution in [-0.2, 0) is 41.4 Å². The number of carbonyl (C=O) groups is 5. The van der Waals surface area contributed by atoms with E-state index in [9.17, 15) is 42.3 Å². The predicted octanol–water partition coefficient (Wildman–Crippen LogP) is 9.53. The number of benzene rings is 3. The number of thioether (sulfide) groups is 1. The molecule has 0 spiro atoms. The summed E-state index contributed by atoms with van der Waals surface area (Å²) < 4.78 is 63.3. The Kier molecular flexibility index (Phi) is 19.1. The molecule has 1 unspecified atom stereocenters. The van der Waals surface area contributed by atoms with Crippen molar-refractivity contribution >= 4 is 63.7 Å². The number of hydrogen-bond donors (Lipinski definition) is 3. The Morgan fingerprint density at radius 3 is 2.32 bits per heavy atom. The Bertz CT molecular complexity index is 2660. The van der Waals surface area contributed by atoms with Crippen LogP contribution >= 0.6 is 23.1 Å². The average molecular weight is 1030 g/mol. The molecule has 0 saturated carbocycles. The van der Waals surface area contributed by atoms with Crippen LogP contribution in [0.2, 0.25) is 0 Å². The number of halogens is 3. The normalized spacial score (nSPS) is 17.0. The SMILES string of the molecule is [C-]#[N+]c1ccc(Oc2ccc(/C=C3\SC(=O)N(CCCCCOCCOCCC(=O)N[C@H](C(=O)N4CC(O)C[C@H]4C(=O)NCc4ccc(-c5sccc5C)cc4)C(C)(C)C)C3=O)cc2OC)c(C(F)(F)F)c1. The van der Waals surface area contributed by atoms with Gasteiger partial charge in [-0.15, -0.1) is 11.3 Å². The third-order valence-electron chi connectivity index (χ3n) is 11.8. The van der Waals surface area contributed by atoms with Crippen molar-refractivity contribution in [2.24, 2.45) is 5.41 Å². The molecule has 3 aromatic carbocycles. The second-order valence-electron chi connectivity index (χ2n) is 18.3. The van der Waals surface area contributed by atoms with Crippen LogP contribution in [0.3, 0.4) is 0 Å². The number of aliphatic hydroxyl groups is 1. The zero-order valence-electron chi connectivity index (χ0n) is 40.6. The molecule has 3 N–H and O–H groups in total. The third-order valence-corrected chi connectivity index (χ3v) is 13.8. The number of amides is 5. The smallest absolute Gasteiger partial charge is 0.418 e. The quantitative estimate of drug-likeness (QED) is 0.0388. The number of nitrogens with zero attached hydrogens (tertiary/aromatic N) is 3. The van der Waals surface area contributed by atoms with E-state index in [1.165, 1.54) is 52.8 Å². The summed E-state index contributed by atoms with van der Waals surface area (Å²) >= 11 is 2.44. The highest BCUT2D eigenvalue weighted by Gasteiger charge is 2.44. The van der Waals surface area contributed by atoms with Crippen LogP contribution < -0.4 is 20.1 Å². The molecule has 3 heterocycles. The lowest BCUT2D eigenvalue weighted by atomic mass is 9.85. The largest absolute Gasteiger partial charge is 0.493 e. The summed E-state index contributed by atoms with van der Waals surface area (Å²) in [6.45, 7) is 15.9. The predicted molar refractivity (Wildman–Crippen MR) is 267 cm³/mol. The molecule has 20 heteroatoms. The fraction of sp³-hybridized carbons (Fsp3) is 0.423. The van der Waals surface area contributed by atoms with Crippen molar-refractivity contribution in [3.63, 3.8) is 0 Å². The molecular weight excluding hydrogens is 976 g/mol. The highest BCUT2D eigenvalue weighted by atomic mass is 32.2. The molecule has 0 radical (unpaired) electrons. The van der Waals surface area contributed by atoms with Crippen molar-refractivity contribution in [3.8, 4) is 27.7 Å². The monoisotopic (exact) mass is 1030 g/mol. The van der Waals surface area contributed by atoms with Crippen molar-refractivity contribution in [3.05, 3.63) is 111 Å². The fourth-order valence-corrected chi connectivity index (χ4v) is 9.76. The maximum atomic E-state index is 14.0. The summed E-state index contributed by atoms with van der Waals surface area (Å²) in [5.74, 6) is -2.17. The molecule has 1 aromatic heterocycles. The van der Waals surface area contributed by atoms with Crippen LogP contribution in [0.15, 0.2) is 77.0 Å². The van der Waals surface area contributed by atoms with Crippen LogP contribution in [0, 0.1) is 18.9 Å². The van der Waals surface area contributed by atoms with Gasteiger partial charge in [0.05, 0.1) is 50.1 Å². The summed E-state index contributed by atoms with van der Waals surface area (Å²) in [6, 6.07) is 15.5. The minimum absolute atomic E-state index is 0.0213. The summed E-state index contributed by atoms with van der Waals surface area (Å²) in [6.07, 6.45) is -2.26. The van der Waals surface area contributed by atoms with Gasteiger partial charge in [0.25, 0.3) is 11.1 Å². The van der Waals surface area contributed by atoms with E-state index in [2.05, 4.69) is 28.5 Å². The van der Waals surface area contributed by atoms with Gasteiger partial charge in [-0.3, -0.25) is 28.9 Å². The second-order valence-corrected chi connectivity index (χ2v) is 20.2. The van der Waals surface area contributed by atoms with Gasteiger partial charge >= 0.3 is 6.18 Å². The molecule has 0 bridgehead atoms. The first-order valence-corrected chi connectivity index (χ1v) is 25.0. The molecule has 4 aromatic rings. The van der Waals surface area contributed by atoms with Gasteiger partial charge in [0.1, 0.15) is 17.8 Å². The number of nitrogens with one attached hydrogen (secondary N) is 2. The van der Waals surface area contributed by atoms with E-state index in [1.807, 2.05) is 50.4 Å². The lowest BCUT2D eigenvalue weighted by Gasteiger charge is -2.35. The number of β-amino-alcohol motifs (C(OH)–C–C–N with tert-alkyl or cyclic N) is 1. The summed E-state index contributed by atoms with van der Waals surface area (Å²) in [7, 11) is 1.31. The lowest BCUT2D eigenvalue weighted by molar-refractivity contribution is -0.144. The number of imide groups is 1. The topological polar surface area (TPSA) is 177 Å². The van der Waals surface area contributed by atoms with Gasteiger partial charge in [-0.25, -0.2) is 4.85 Å². The average Bonchev–Trinajstić information content (AvgIpc) is 4.03. The summed E-state index contributed by atoms with van der Waals surface area (Å²) in [4.78, 5) is 73.3. The van der Waals surface area contributed by atoms with Crippen LogP contribution in [-0.4, -0.2) is 109 Å². The van der Waals surface area contributed by atoms with Crippen molar-refractivity contribution in [1.82, 2.24) is 20.4 Å². The first-order chi connectivity index (χ1) is 34.3. The molecule has 3 atom stereocenters. The molecule has 384 valence electrons. The van der Waals surface area contributed by atoms with E-state index >= 15 is 0 Å². The Balaban J connectivity index is 0.864. The first-order valence-electron chi connectivity index (χ1n) is 23.3. The zero-order chi connectivity index (χ0) is 52.2. The lowest BCUT2D eigenvalue weighted by Crippen LogP contribution is -2.57. The van der Waals surface area contributed by atoms with Crippen molar-refractivity contribution in [2.45, 2.75) is 90.7 Å². The third kappa shape index (κ3) is 14.7. The molecule has 2 fully saturated rings. The van der Waals surface area contributed by atoms with E-state index in [-0.39, 0.29) is 80.3 Å². The van der Waals surface area contributed by atoms with Gasteiger partial charge in [0, 0.05) is 44.0 Å². The maximum Gasteiger partial charge on any atom is 0.418 e. The van der Waals surface area contributed by atoms with E-state index in [0.717, 1.165) is 33.9 Å². The number of aryl methyl sites for hydroxylation is 1. The first kappa shape index (κ1) is 55.1. The summed E-state index contributed by atoms with van der Waals surface area (Å²) in [5.41, 5.74) is 1.61. The Labute approximate surface area is 424 Å². The number of aliphatic hydroxyl groups excluding tert-OH is 1. The molecule has 2 saturated heterocycles. The van der Waals surface area contributed by atoms with Crippen LogP contribution in [0.4, 0.5) is 23.7 Å². The number of ether oxygens (including phenoxy) is 4. The Morgan fingerprint density at radius 2 is 1.65 bits per heavy atom. The van der Waals surface area contributed by atoms with Crippen molar-refractivity contribution in [2.75, 3.05) is 46.6 Å². The standard InChI is InChI=1S/C52H58F3N5O10S2/c1-32-19-25-71-45(32)35-13-10-33(11-14-35)30-57-47(63)39-29-37(61)31-60(39)49(65)46(51(2,3)4)58-44(62)18-22-69-24-23-68-21-9-7-8-20-59-48(64)43(72-50(59)66)27-34-12-16-41(42(26-34)67-6)70-40-17-15-36(56-5)28-38(40)52(53,54)55/h10-17,19,25-28,37,39,46,61H,7-9,18,20-24,29-31H2,1-4,6H3,(H,57,63)(H,58,62)/b43-27-/t37?,39-,46+/m0/s1. The van der Waals surface area contributed by atoms with E-state index in [1.54, 1.807) is 11.3 Å². The summed E-state index contributed by atoms with van der Waals surface area (Å²) in [5, 5.41) is 17.9. The highest BCUT2D eigenvalue weighted by molar-refractivity contribution is 8.18. The number of rotatable bonds is 22. The van der Waals surface area contributed by atoms with Crippen molar-refractivity contribution < 1.29 is 61.2 Å². The highest BCUT2D eigenvalue weighted by Crippen LogP contribution is 2.43. The molecule has 2 aliphatic rings. The van der Waals surface area contributed by atoms with E-state index in [4.69, 9.17) is 25.5 Å². The van der Waals surface area contributed by atoms with Gasteiger partial charge in [-0.2, -0.15) is 13.2 Å². The van der Waals surface area contributed by atoms with Gasteiger partial charge < -0.3 is 39.6 Å². The van der Waals surface area contributed by atoms with Gasteiger partial charge in [0.2, 0.25) is 17.7 Å². The fourth-order valence-electron chi connectivity index (χ4n) is 7.96.